The largest absolute Gasteiger partial charge is 0.382 e. The van der Waals surface area contributed by atoms with Gasteiger partial charge >= 0.3 is 0 Å². The number of aryl methyl sites for hydroxylation is 1. The molecule has 0 atom stereocenters. The van der Waals surface area contributed by atoms with Crippen LogP contribution in [-0.4, -0.2) is 26.0 Å². The maximum atomic E-state index is 11.4. The van der Waals surface area contributed by atoms with E-state index in [1.807, 2.05) is 0 Å². The topological polar surface area (TPSA) is 46.2 Å². The molecule has 0 bridgehead atoms. The Morgan fingerprint density at radius 3 is 2.35 bits per heavy atom. The van der Waals surface area contributed by atoms with Crippen molar-refractivity contribution in [3.05, 3.63) is 29.8 Å². The fourth-order valence-electron chi connectivity index (χ4n) is 2.62. The molecule has 0 saturated carbocycles. The summed E-state index contributed by atoms with van der Waals surface area (Å²) < 4.78 is 22.8. The van der Waals surface area contributed by atoms with Gasteiger partial charge in [-0.1, -0.05) is 31.9 Å². The predicted octanol–water partition coefficient (Wildman–Crippen LogP) is 3.41. The lowest BCUT2D eigenvalue weighted by atomic mass is 10.1. The van der Waals surface area contributed by atoms with Crippen molar-refractivity contribution in [3.8, 4) is 0 Å². The second kappa shape index (κ2) is 7.11. The molecule has 20 heavy (non-hydrogen) atoms. The van der Waals surface area contributed by atoms with Crippen molar-refractivity contribution in [2.75, 3.05) is 16.8 Å². The quantitative estimate of drug-likeness (QED) is 0.818. The van der Waals surface area contributed by atoms with Crippen LogP contribution >= 0.6 is 0 Å². The van der Waals surface area contributed by atoms with Gasteiger partial charge in [0.15, 0.2) is 0 Å². The first-order chi connectivity index (χ1) is 9.59. The van der Waals surface area contributed by atoms with Crippen LogP contribution in [-0.2, 0) is 16.3 Å². The molecule has 1 aliphatic rings. The van der Waals surface area contributed by atoms with E-state index >= 15 is 0 Å². The van der Waals surface area contributed by atoms with Crippen molar-refractivity contribution in [1.29, 1.82) is 0 Å². The van der Waals surface area contributed by atoms with E-state index in [0.29, 0.717) is 17.5 Å². The van der Waals surface area contributed by atoms with Gasteiger partial charge in [0.1, 0.15) is 9.84 Å². The first kappa shape index (κ1) is 15.4. The maximum absolute atomic E-state index is 11.4. The molecule has 3 nitrogen and oxygen atoms in total. The van der Waals surface area contributed by atoms with E-state index < -0.39 is 9.84 Å². The van der Waals surface area contributed by atoms with Gasteiger partial charge in [-0.15, -0.1) is 0 Å². The molecule has 0 radical (unpaired) electrons. The van der Waals surface area contributed by atoms with Gasteiger partial charge in [0.25, 0.3) is 0 Å². The van der Waals surface area contributed by atoms with E-state index in [-0.39, 0.29) is 0 Å². The standard InChI is InChI=1S/C16H25NO2S/c1-2-3-4-5-14-6-8-15(9-7-14)17-16-10-12-20(18,19)13-11-16/h6-9,16-17H,2-5,10-13H2,1H3. The second-order valence-electron chi connectivity index (χ2n) is 5.72. The summed E-state index contributed by atoms with van der Waals surface area (Å²) in [7, 11) is -2.77. The number of hydrogen-bond donors (Lipinski definition) is 1. The molecule has 1 aromatic carbocycles. The Hall–Kier alpha value is -1.03. The van der Waals surface area contributed by atoms with E-state index in [2.05, 4.69) is 36.5 Å². The number of anilines is 1. The molecule has 0 aliphatic carbocycles. The molecule has 2 rings (SSSR count). The number of rotatable bonds is 6. The molecule has 1 saturated heterocycles. The van der Waals surface area contributed by atoms with Crippen LogP contribution in [0.5, 0.6) is 0 Å². The number of sulfone groups is 1. The third kappa shape index (κ3) is 4.82. The van der Waals surface area contributed by atoms with Crippen LogP contribution in [0.4, 0.5) is 5.69 Å². The molecule has 0 aromatic heterocycles. The fraction of sp³-hybridized carbons (Fsp3) is 0.625. The summed E-state index contributed by atoms with van der Waals surface area (Å²) in [5, 5.41) is 3.45. The zero-order chi connectivity index (χ0) is 14.4. The fourth-order valence-corrected chi connectivity index (χ4v) is 4.11. The number of unbranched alkanes of at least 4 members (excludes halogenated alkanes) is 2. The Morgan fingerprint density at radius 2 is 1.75 bits per heavy atom. The van der Waals surface area contributed by atoms with Gasteiger partial charge in [0.2, 0.25) is 0 Å². The van der Waals surface area contributed by atoms with Gasteiger partial charge < -0.3 is 5.32 Å². The van der Waals surface area contributed by atoms with Crippen molar-refractivity contribution in [2.45, 2.75) is 51.5 Å². The second-order valence-corrected chi connectivity index (χ2v) is 8.03. The van der Waals surface area contributed by atoms with Crippen LogP contribution in [0.1, 0.15) is 44.6 Å². The van der Waals surface area contributed by atoms with E-state index in [9.17, 15) is 8.42 Å². The first-order valence-corrected chi connectivity index (χ1v) is 9.47. The lowest BCUT2D eigenvalue weighted by molar-refractivity contribution is 0.559. The lowest BCUT2D eigenvalue weighted by Gasteiger charge is -2.24. The number of benzene rings is 1. The Bertz CT molecular complexity index is 494. The number of hydrogen-bond acceptors (Lipinski definition) is 3. The van der Waals surface area contributed by atoms with Gasteiger partial charge in [0.05, 0.1) is 11.5 Å². The Kier molecular flexibility index (Phi) is 5.46. The first-order valence-electron chi connectivity index (χ1n) is 7.65. The summed E-state index contributed by atoms with van der Waals surface area (Å²) in [6.07, 6.45) is 6.39. The summed E-state index contributed by atoms with van der Waals surface area (Å²) in [5.74, 6) is 0.638. The zero-order valence-corrected chi connectivity index (χ0v) is 13.1. The Balaban J connectivity index is 1.82. The van der Waals surface area contributed by atoms with E-state index in [4.69, 9.17) is 0 Å². The Labute approximate surface area is 122 Å². The molecule has 112 valence electrons. The van der Waals surface area contributed by atoms with Gasteiger partial charge in [-0.05, 0) is 43.4 Å². The van der Waals surface area contributed by atoms with Gasteiger partial charge in [-0.2, -0.15) is 0 Å². The minimum atomic E-state index is -2.77. The molecular formula is C16H25NO2S. The summed E-state index contributed by atoms with van der Waals surface area (Å²) in [5.41, 5.74) is 2.49. The highest BCUT2D eigenvalue weighted by atomic mass is 32.2. The zero-order valence-electron chi connectivity index (χ0n) is 12.3. The van der Waals surface area contributed by atoms with Crippen LogP contribution < -0.4 is 5.32 Å². The lowest BCUT2D eigenvalue weighted by Crippen LogP contribution is -2.32. The molecule has 1 aliphatic heterocycles. The summed E-state index contributed by atoms with van der Waals surface area (Å²) >= 11 is 0. The molecule has 1 N–H and O–H groups in total. The maximum Gasteiger partial charge on any atom is 0.150 e. The van der Waals surface area contributed by atoms with Crippen molar-refractivity contribution in [3.63, 3.8) is 0 Å². The van der Waals surface area contributed by atoms with Crippen LogP contribution in [0.3, 0.4) is 0 Å². The highest BCUT2D eigenvalue weighted by Crippen LogP contribution is 2.19. The molecule has 1 fully saturated rings. The third-order valence-corrected chi connectivity index (χ3v) is 5.66. The van der Waals surface area contributed by atoms with Crippen molar-refractivity contribution >= 4 is 15.5 Å². The number of nitrogens with one attached hydrogen (secondary N) is 1. The Morgan fingerprint density at radius 1 is 1.10 bits per heavy atom. The minimum Gasteiger partial charge on any atom is -0.382 e. The van der Waals surface area contributed by atoms with E-state index in [1.165, 1.54) is 24.8 Å². The summed E-state index contributed by atoms with van der Waals surface area (Å²) in [6, 6.07) is 8.88. The van der Waals surface area contributed by atoms with Crippen LogP contribution in [0.2, 0.25) is 0 Å². The van der Waals surface area contributed by atoms with Crippen molar-refractivity contribution < 1.29 is 8.42 Å². The molecule has 0 spiro atoms. The van der Waals surface area contributed by atoms with Crippen molar-refractivity contribution in [1.82, 2.24) is 0 Å². The molecule has 1 heterocycles. The van der Waals surface area contributed by atoms with Crippen LogP contribution in [0.25, 0.3) is 0 Å². The average Bonchev–Trinajstić information content (AvgIpc) is 2.43. The molecule has 0 amide bonds. The van der Waals surface area contributed by atoms with Gasteiger partial charge in [0, 0.05) is 11.7 Å². The molecule has 4 heteroatoms. The monoisotopic (exact) mass is 295 g/mol. The third-order valence-electron chi connectivity index (χ3n) is 3.95. The van der Waals surface area contributed by atoms with Gasteiger partial charge in [-0.25, -0.2) is 8.42 Å². The minimum absolute atomic E-state index is 0.296. The van der Waals surface area contributed by atoms with Gasteiger partial charge in [-0.3, -0.25) is 0 Å². The van der Waals surface area contributed by atoms with Crippen LogP contribution in [0, 0.1) is 0 Å². The smallest absolute Gasteiger partial charge is 0.150 e. The van der Waals surface area contributed by atoms with Crippen molar-refractivity contribution in [2.24, 2.45) is 0 Å². The normalized spacial score (nSPS) is 18.9. The highest BCUT2D eigenvalue weighted by molar-refractivity contribution is 7.91. The van der Waals surface area contributed by atoms with E-state index in [0.717, 1.165) is 24.9 Å². The summed E-state index contributed by atoms with van der Waals surface area (Å²) in [6.45, 7) is 2.22. The molecular weight excluding hydrogens is 270 g/mol. The predicted molar refractivity (Wildman–Crippen MR) is 85.0 cm³/mol. The SMILES string of the molecule is CCCCCc1ccc(NC2CCS(=O)(=O)CC2)cc1. The summed E-state index contributed by atoms with van der Waals surface area (Å²) in [4.78, 5) is 0. The highest BCUT2D eigenvalue weighted by Gasteiger charge is 2.23. The average molecular weight is 295 g/mol. The molecule has 1 aromatic rings. The van der Waals surface area contributed by atoms with E-state index in [1.54, 1.807) is 0 Å². The van der Waals surface area contributed by atoms with Crippen LogP contribution in [0.15, 0.2) is 24.3 Å². The molecule has 0 unspecified atom stereocenters.